The first-order valence-corrected chi connectivity index (χ1v) is 12.6. The van der Waals surface area contributed by atoms with Gasteiger partial charge in [0.2, 0.25) is 0 Å². The van der Waals surface area contributed by atoms with Crippen molar-refractivity contribution in [1.29, 1.82) is 0 Å². The molecule has 0 aromatic rings. The molecular formula is C20H33FN3O8P. The minimum atomic E-state index is -4.49. The van der Waals surface area contributed by atoms with E-state index >= 15 is 0 Å². The second-order valence-electron chi connectivity index (χ2n) is 8.88. The van der Waals surface area contributed by atoms with Crippen molar-refractivity contribution < 1.29 is 43.2 Å². The van der Waals surface area contributed by atoms with Crippen molar-refractivity contribution in [3.8, 4) is 0 Å². The predicted octanol–water partition coefficient (Wildman–Crippen LogP) is 1.35. The number of urea groups is 1. The van der Waals surface area contributed by atoms with E-state index in [1.807, 2.05) is 0 Å². The first-order valence-electron chi connectivity index (χ1n) is 11.0. The number of hydrogen-bond acceptors (Lipinski definition) is 8. The van der Waals surface area contributed by atoms with E-state index in [9.17, 15) is 34.0 Å². The van der Waals surface area contributed by atoms with Gasteiger partial charge >= 0.3 is 13.6 Å². The number of carbonyl (C=O) groups is 1. The van der Waals surface area contributed by atoms with Crippen LogP contribution in [0.3, 0.4) is 0 Å². The summed E-state index contributed by atoms with van der Waals surface area (Å²) in [5, 5.41) is 34.6. The van der Waals surface area contributed by atoms with E-state index in [4.69, 9.17) is 9.26 Å². The molecule has 0 spiro atoms. The molecule has 3 rings (SSSR count). The Morgan fingerprint density at radius 1 is 1.21 bits per heavy atom. The molecule has 2 amide bonds. The van der Waals surface area contributed by atoms with E-state index in [0.717, 1.165) is 4.90 Å². The number of aliphatic hydroxyl groups is 3. The molecule has 7 atom stereocenters. The highest BCUT2D eigenvalue weighted by Crippen LogP contribution is 2.59. The minimum absolute atomic E-state index is 0.0166. The minimum Gasteiger partial charge on any atom is -0.388 e. The van der Waals surface area contributed by atoms with Gasteiger partial charge in [0.1, 0.15) is 18.4 Å². The fraction of sp³-hybridized carbons (Fsp3) is 0.750. The summed E-state index contributed by atoms with van der Waals surface area (Å²) < 4.78 is 37.8. The summed E-state index contributed by atoms with van der Waals surface area (Å²) in [6, 6.07) is -0.663. The van der Waals surface area contributed by atoms with Crippen LogP contribution >= 0.6 is 7.60 Å². The summed E-state index contributed by atoms with van der Waals surface area (Å²) in [7, 11) is -4.49. The van der Waals surface area contributed by atoms with Gasteiger partial charge in [0.15, 0.2) is 17.5 Å². The van der Waals surface area contributed by atoms with Crippen LogP contribution in [0, 0.1) is 0 Å². The Morgan fingerprint density at radius 2 is 1.85 bits per heavy atom. The molecular weight excluding hydrogens is 460 g/mol. The van der Waals surface area contributed by atoms with Gasteiger partial charge in [-0.1, -0.05) is 20.8 Å². The topological polar surface area (TPSA) is 161 Å². The van der Waals surface area contributed by atoms with Crippen molar-refractivity contribution in [1.82, 2.24) is 15.5 Å². The highest BCUT2D eigenvalue weighted by Gasteiger charge is 2.53. The lowest BCUT2D eigenvalue weighted by Crippen LogP contribution is -2.56. The molecule has 0 aromatic carbocycles. The molecule has 0 saturated carbocycles. The van der Waals surface area contributed by atoms with Crippen molar-refractivity contribution >= 4 is 13.6 Å². The van der Waals surface area contributed by atoms with Gasteiger partial charge in [0, 0.05) is 18.2 Å². The number of carbonyl (C=O) groups excluding carboxylic acids is 1. The van der Waals surface area contributed by atoms with Crippen LogP contribution in [-0.4, -0.2) is 72.8 Å². The van der Waals surface area contributed by atoms with Gasteiger partial charge in [-0.15, -0.1) is 0 Å². The largest absolute Gasteiger partial charge is 0.388 e. The molecule has 3 aliphatic heterocycles. The van der Waals surface area contributed by atoms with E-state index < -0.39 is 61.2 Å². The Hall–Kier alpha value is -1.53. The third-order valence-electron chi connectivity index (χ3n) is 6.77. The normalized spacial score (nSPS) is 33.4. The van der Waals surface area contributed by atoms with Crippen LogP contribution in [0.1, 0.15) is 53.4 Å². The molecule has 3 aliphatic rings. The van der Waals surface area contributed by atoms with Crippen LogP contribution in [0.2, 0.25) is 0 Å². The summed E-state index contributed by atoms with van der Waals surface area (Å²) in [5.41, 5.74) is -0.845. The zero-order chi connectivity index (χ0) is 24.8. The lowest BCUT2D eigenvalue weighted by Gasteiger charge is -2.39. The molecule has 0 aromatic heterocycles. The molecule has 33 heavy (non-hydrogen) atoms. The van der Waals surface area contributed by atoms with E-state index in [1.165, 1.54) is 19.2 Å². The van der Waals surface area contributed by atoms with Crippen molar-refractivity contribution in [2.24, 2.45) is 0 Å². The maximum Gasteiger partial charge on any atom is 0.359 e. The number of nitrogens with one attached hydrogen (secondary N) is 2. The fourth-order valence-corrected chi connectivity index (χ4v) is 5.54. The molecule has 1 saturated heterocycles. The molecule has 7 unspecified atom stereocenters. The summed E-state index contributed by atoms with van der Waals surface area (Å²) >= 11 is 0. The summed E-state index contributed by atoms with van der Waals surface area (Å²) in [6.07, 6.45) is -3.05. The SMILES string of the molecule is CCC(CC)(CC1OC(N2C=C3C=C(F)NC3NC2=O)C(O)C1O)OP(=O)(O)C(C)(O)CC. The monoisotopic (exact) mass is 493 g/mol. The van der Waals surface area contributed by atoms with Gasteiger partial charge in [0.05, 0.1) is 11.7 Å². The van der Waals surface area contributed by atoms with Crippen molar-refractivity contribution in [3.05, 3.63) is 23.8 Å². The van der Waals surface area contributed by atoms with Gasteiger partial charge < -0.3 is 35.6 Å². The number of aliphatic hydroxyl groups excluding tert-OH is 2. The number of ether oxygens (including phenoxy) is 1. The summed E-state index contributed by atoms with van der Waals surface area (Å²) in [6.45, 7) is 6.24. The third kappa shape index (κ3) is 4.84. The maximum atomic E-state index is 13.5. The number of rotatable bonds is 9. The molecule has 188 valence electrons. The van der Waals surface area contributed by atoms with Crippen molar-refractivity contribution in [2.45, 2.75) is 95.0 Å². The molecule has 0 radical (unpaired) electrons. The first kappa shape index (κ1) is 26.1. The number of halogens is 1. The fourth-order valence-electron chi connectivity index (χ4n) is 4.09. The number of amides is 2. The van der Waals surface area contributed by atoms with Crippen LogP contribution in [-0.2, 0) is 13.8 Å². The van der Waals surface area contributed by atoms with Crippen LogP contribution in [0.5, 0.6) is 0 Å². The lowest BCUT2D eigenvalue weighted by atomic mass is 9.88. The standard InChI is InChI=1S/C20H33FN3O8P/c1-5-19(4,28)33(29,30)32-20(6-2,7-3)9-12-14(25)15(26)17(31-12)24-10-11-8-13(21)22-16(11)23-18(24)27/h8,10,12,14-17,22,25-26,28H,5-7,9H2,1-4H3,(H,23,27)(H,29,30). The predicted molar refractivity (Wildman–Crippen MR) is 115 cm³/mol. The van der Waals surface area contributed by atoms with Gasteiger partial charge in [-0.05, 0) is 32.3 Å². The van der Waals surface area contributed by atoms with Crippen molar-refractivity contribution in [3.63, 3.8) is 0 Å². The Bertz CT molecular complexity index is 877. The molecule has 3 heterocycles. The zero-order valence-electron chi connectivity index (χ0n) is 19.1. The second kappa shape index (κ2) is 9.26. The Balaban J connectivity index is 1.81. The van der Waals surface area contributed by atoms with Crippen molar-refractivity contribution in [2.75, 3.05) is 0 Å². The summed E-state index contributed by atoms with van der Waals surface area (Å²) in [4.78, 5) is 24.0. The maximum absolute atomic E-state index is 13.5. The number of hydrogen-bond donors (Lipinski definition) is 6. The number of fused-ring (bicyclic) bond motifs is 1. The Morgan fingerprint density at radius 3 is 2.42 bits per heavy atom. The van der Waals surface area contributed by atoms with Gasteiger partial charge in [-0.25, -0.2) is 4.79 Å². The highest BCUT2D eigenvalue weighted by atomic mass is 31.2. The first-order chi connectivity index (χ1) is 15.3. The molecule has 0 aliphatic carbocycles. The highest BCUT2D eigenvalue weighted by molar-refractivity contribution is 7.54. The van der Waals surface area contributed by atoms with Gasteiger partial charge in [0.25, 0.3) is 0 Å². The van der Waals surface area contributed by atoms with E-state index in [-0.39, 0.29) is 25.7 Å². The second-order valence-corrected chi connectivity index (χ2v) is 11.1. The summed E-state index contributed by atoms with van der Waals surface area (Å²) in [5.74, 6) is -0.622. The van der Waals surface area contributed by atoms with Crippen LogP contribution in [0.15, 0.2) is 23.8 Å². The zero-order valence-corrected chi connectivity index (χ0v) is 20.0. The smallest absolute Gasteiger partial charge is 0.359 e. The van der Waals surface area contributed by atoms with Gasteiger partial charge in [-0.3, -0.25) is 14.0 Å². The van der Waals surface area contributed by atoms with Crippen LogP contribution < -0.4 is 10.6 Å². The van der Waals surface area contributed by atoms with E-state index in [2.05, 4.69) is 10.6 Å². The Labute approximate surface area is 191 Å². The quantitative estimate of drug-likeness (QED) is 0.206. The lowest BCUT2D eigenvalue weighted by molar-refractivity contribution is -0.0835. The van der Waals surface area contributed by atoms with Gasteiger partial charge in [-0.2, -0.15) is 4.39 Å². The third-order valence-corrected chi connectivity index (χ3v) is 8.94. The molecule has 13 heteroatoms. The average molecular weight is 493 g/mol. The number of nitrogens with zero attached hydrogens (tertiary/aromatic N) is 1. The van der Waals surface area contributed by atoms with E-state index in [1.54, 1.807) is 20.8 Å². The molecule has 1 fully saturated rings. The molecule has 0 bridgehead atoms. The molecule has 11 nitrogen and oxygen atoms in total. The molecule has 6 N–H and O–H groups in total. The van der Waals surface area contributed by atoms with Crippen LogP contribution in [0.4, 0.5) is 9.18 Å². The van der Waals surface area contributed by atoms with Crippen LogP contribution in [0.25, 0.3) is 0 Å². The van der Waals surface area contributed by atoms with E-state index in [0.29, 0.717) is 5.57 Å². The Kier molecular flexibility index (Phi) is 7.32. The average Bonchev–Trinajstić information content (AvgIpc) is 3.25.